The van der Waals surface area contributed by atoms with E-state index in [2.05, 4.69) is 32.8 Å². The lowest BCUT2D eigenvalue weighted by atomic mass is 10.1. The van der Waals surface area contributed by atoms with Gasteiger partial charge in [0.1, 0.15) is 0 Å². The zero-order chi connectivity index (χ0) is 22.6. The molecule has 0 atom stereocenters. The molecule has 1 aromatic heterocycles. The highest BCUT2D eigenvalue weighted by Gasteiger charge is 2.28. The van der Waals surface area contributed by atoms with Gasteiger partial charge in [-0.2, -0.15) is 4.31 Å². The van der Waals surface area contributed by atoms with Gasteiger partial charge in [-0.3, -0.25) is 14.7 Å². The number of sulfonamides is 1. The molecule has 8 heteroatoms. The van der Waals surface area contributed by atoms with Crippen molar-refractivity contribution in [3.05, 3.63) is 71.9 Å². The van der Waals surface area contributed by atoms with Crippen molar-refractivity contribution in [1.82, 2.24) is 14.2 Å². The maximum Gasteiger partial charge on any atom is 0.305 e. The van der Waals surface area contributed by atoms with Gasteiger partial charge < -0.3 is 4.74 Å². The molecular weight excluding hydrogens is 426 g/mol. The molecular formula is C24H27N3O4S. The zero-order valence-electron chi connectivity index (χ0n) is 18.1. The van der Waals surface area contributed by atoms with Crippen LogP contribution in [0.15, 0.2) is 65.7 Å². The Morgan fingerprint density at radius 1 is 1.00 bits per heavy atom. The minimum absolute atomic E-state index is 0.275. The molecule has 4 rings (SSSR count). The molecule has 0 radical (unpaired) electrons. The van der Waals surface area contributed by atoms with Gasteiger partial charge in [0, 0.05) is 50.7 Å². The van der Waals surface area contributed by atoms with Crippen LogP contribution in [0.4, 0.5) is 0 Å². The molecule has 0 spiro atoms. The van der Waals surface area contributed by atoms with Crippen molar-refractivity contribution in [2.45, 2.75) is 24.3 Å². The zero-order valence-corrected chi connectivity index (χ0v) is 18.9. The summed E-state index contributed by atoms with van der Waals surface area (Å²) in [5.41, 5.74) is 3.06. The van der Waals surface area contributed by atoms with Crippen molar-refractivity contribution in [1.29, 1.82) is 0 Å². The summed E-state index contributed by atoms with van der Waals surface area (Å²) in [6.45, 7) is 2.98. The maximum atomic E-state index is 13.1. The number of aromatic nitrogens is 1. The van der Waals surface area contributed by atoms with Crippen LogP contribution in [0.25, 0.3) is 10.9 Å². The van der Waals surface area contributed by atoms with Crippen molar-refractivity contribution in [2.75, 3.05) is 33.3 Å². The molecule has 0 bridgehead atoms. The van der Waals surface area contributed by atoms with Crippen LogP contribution in [0, 0.1) is 0 Å². The number of benzene rings is 2. The molecule has 1 saturated heterocycles. The average Bonchev–Trinajstić information content (AvgIpc) is 2.83. The number of fused-ring (bicyclic) bond motifs is 1. The Bertz CT molecular complexity index is 1180. The van der Waals surface area contributed by atoms with E-state index in [1.807, 2.05) is 12.1 Å². The van der Waals surface area contributed by atoms with Crippen LogP contribution in [-0.2, 0) is 32.5 Å². The smallest absolute Gasteiger partial charge is 0.305 e. The van der Waals surface area contributed by atoms with Crippen molar-refractivity contribution < 1.29 is 17.9 Å². The fraction of sp³-hybridized carbons (Fsp3) is 0.333. The van der Waals surface area contributed by atoms with E-state index in [0.717, 1.165) is 28.6 Å². The number of ether oxygens (including phenoxy) is 1. The third kappa shape index (κ3) is 4.98. The number of aryl methyl sites for hydroxylation is 1. The number of pyridine rings is 1. The summed E-state index contributed by atoms with van der Waals surface area (Å²) in [6.07, 6.45) is 2.60. The molecule has 0 amide bonds. The molecule has 2 heterocycles. The Balaban J connectivity index is 1.37. The van der Waals surface area contributed by atoms with Gasteiger partial charge >= 0.3 is 5.97 Å². The van der Waals surface area contributed by atoms with Gasteiger partial charge in [0.05, 0.1) is 17.5 Å². The second-order valence-corrected chi connectivity index (χ2v) is 9.83. The number of hydrogen-bond donors (Lipinski definition) is 0. The summed E-state index contributed by atoms with van der Waals surface area (Å²) in [5.74, 6) is -0.279. The first-order valence-corrected chi connectivity index (χ1v) is 12.1. The first-order valence-electron chi connectivity index (χ1n) is 10.7. The van der Waals surface area contributed by atoms with E-state index in [1.54, 1.807) is 34.8 Å². The van der Waals surface area contributed by atoms with Crippen molar-refractivity contribution >= 4 is 26.9 Å². The normalized spacial score (nSPS) is 15.7. The highest BCUT2D eigenvalue weighted by molar-refractivity contribution is 7.89. The van der Waals surface area contributed by atoms with Gasteiger partial charge in [-0.1, -0.05) is 36.4 Å². The van der Waals surface area contributed by atoms with Crippen LogP contribution >= 0.6 is 0 Å². The largest absolute Gasteiger partial charge is 0.469 e. The summed E-state index contributed by atoms with van der Waals surface area (Å²) in [5, 5.41) is 1.11. The lowest BCUT2D eigenvalue weighted by Crippen LogP contribution is -2.48. The van der Waals surface area contributed by atoms with Crippen LogP contribution in [-0.4, -0.2) is 61.9 Å². The first-order chi connectivity index (χ1) is 15.5. The van der Waals surface area contributed by atoms with Gasteiger partial charge in [-0.25, -0.2) is 8.42 Å². The highest BCUT2D eigenvalue weighted by atomic mass is 32.2. The Kier molecular flexibility index (Phi) is 6.83. The molecule has 32 heavy (non-hydrogen) atoms. The van der Waals surface area contributed by atoms with E-state index in [0.29, 0.717) is 32.6 Å². The van der Waals surface area contributed by atoms with Crippen LogP contribution in [0.2, 0.25) is 0 Å². The molecule has 1 fully saturated rings. The Morgan fingerprint density at radius 3 is 2.44 bits per heavy atom. The lowest BCUT2D eigenvalue weighted by molar-refractivity contribution is -0.140. The number of hydrogen-bond acceptors (Lipinski definition) is 6. The molecule has 0 N–H and O–H groups in total. The summed E-state index contributed by atoms with van der Waals surface area (Å²) in [4.78, 5) is 18.4. The van der Waals surface area contributed by atoms with E-state index in [9.17, 15) is 13.2 Å². The van der Waals surface area contributed by atoms with E-state index < -0.39 is 10.0 Å². The Hall–Kier alpha value is -2.81. The van der Waals surface area contributed by atoms with Crippen molar-refractivity contribution in [2.24, 2.45) is 0 Å². The number of esters is 1. The fourth-order valence-electron chi connectivity index (χ4n) is 3.99. The molecule has 3 aromatic rings. The topological polar surface area (TPSA) is 79.8 Å². The molecule has 0 unspecified atom stereocenters. The number of methoxy groups -OCH3 is 1. The molecule has 0 saturated carbocycles. The predicted molar refractivity (Wildman–Crippen MR) is 123 cm³/mol. The first kappa shape index (κ1) is 22.4. The number of rotatable bonds is 7. The van der Waals surface area contributed by atoms with Crippen molar-refractivity contribution in [3.63, 3.8) is 0 Å². The second-order valence-electron chi connectivity index (χ2n) is 7.89. The number of piperazine rings is 1. The van der Waals surface area contributed by atoms with E-state index in [1.165, 1.54) is 7.11 Å². The minimum Gasteiger partial charge on any atom is -0.469 e. The average molecular weight is 454 g/mol. The number of para-hydroxylation sites is 1. The molecule has 168 valence electrons. The molecule has 0 aliphatic carbocycles. The predicted octanol–water partition coefficient (Wildman–Crippen LogP) is 2.85. The minimum atomic E-state index is -3.54. The molecule has 1 aliphatic heterocycles. The number of nitrogens with zero attached hydrogens (tertiary/aromatic N) is 3. The SMILES string of the molecule is COC(=O)CCc1ccc(S(=O)(=O)N2CCN(Cc3cccc4cccnc34)CC2)cc1. The van der Waals surface area contributed by atoms with E-state index >= 15 is 0 Å². The van der Waals surface area contributed by atoms with Gasteiger partial charge in [-0.15, -0.1) is 0 Å². The van der Waals surface area contributed by atoms with E-state index in [-0.39, 0.29) is 17.3 Å². The van der Waals surface area contributed by atoms with Crippen LogP contribution in [0.5, 0.6) is 0 Å². The van der Waals surface area contributed by atoms with Crippen LogP contribution in [0.1, 0.15) is 17.5 Å². The summed E-state index contributed by atoms with van der Waals surface area (Å²) in [6, 6.07) is 16.9. The van der Waals surface area contributed by atoms with Crippen LogP contribution < -0.4 is 0 Å². The number of carbonyl (C=O) groups is 1. The lowest BCUT2D eigenvalue weighted by Gasteiger charge is -2.34. The molecule has 7 nitrogen and oxygen atoms in total. The Morgan fingerprint density at radius 2 is 1.72 bits per heavy atom. The quantitative estimate of drug-likeness (QED) is 0.512. The monoisotopic (exact) mass is 453 g/mol. The van der Waals surface area contributed by atoms with E-state index in [4.69, 9.17) is 0 Å². The molecule has 2 aromatic carbocycles. The summed E-state index contributed by atoms with van der Waals surface area (Å²) in [7, 11) is -2.19. The van der Waals surface area contributed by atoms with Crippen LogP contribution in [0.3, 0.4) is 0 Å². The van der Waals surface area contributed by atoms with Gasteiger partial charge in [-0.05, 0) is 35.7 Å². The fourth-order valence-corrected chi connectivity index (χ4v) is 5.41. The standard InChI is InChI=1S/C24H27N3O4S/c1-31-23(28)12-9-19-7-10-22(11-8-19)32(29,30)27-16-14-26(15-17-27)18-21-5-2-4-20-6-3-13-25-24(20)21/h2-8,10-11,13H,9,12,14-18H2,1H3. The Labute approximate surface area is 188 Å². The van der Waals surface area contributed by atoms with Crippen molar-refractivity contribution in [3.8, 4) is 0 Å². The highest BCUT2D eigenvalue weighted by Crippen LogP contribution is 2.21. The second kappa shape index (κ2) is 9.77. The third-order valence-electron chi connectivity index (χ3n) is 5.85. The van der Waals surface area contributed by atoms with Gasteiger partial charge in [0.15, 0.2) is 0 Å². The maximum absolute atomic E-state index is 13.1. The third-order valence-corrected chi connectivity index (χ3v) is 7.76. The summed E-state index contributed by atoms with van der Waals surface area (Å²) >= 11 is 0. The molecule has 1 aliphatic rings. The van der Waals surface area contributed by atoms with Gasteiger partial charge in [0.2, 0.25) is 10.0 Å². The van der Waals surface area contributed by atoms with Gasteiger partial charge in [0.25, 0.3) is 0 Å². The number of carbonyl (C=O) groups excluding carboxylic acids is 1. The summed E-state index contributed by atoms with van der Waals surface area (Å²) < 4.78 is 32.3.